The highest BCUT2D eigenvalue weighted by Crippen LogP contribution is 2.44. The Hall–Kier alpha value is -2.35. The van der Waals surface area contributed by atoms with E-state index < -0.39 is 16.0 Å². The minimum absolute atomic E-state index is 0.0366. The first-order valence-corrected chi connectivity index (χ1v) is 9.02. The van der Waals surface area contributed by atoms with Crippen molar-refractivity contribution < 1.29 is 22.8 Å². The van der Waals surface area contributed by atoms with E-state index >= 15 is 0 Å². The number of hydrogen-bond acceptors (Lipinski definition) is 5. The van der Waals surface area contributed by atoms with E-state index in [-0.39, 0.29) is 16.4 Å². The SMILES string of the molecule is Cc1cc(C)c(S(=O)(=O)Nc2c(C)noc2C2CC2)cc1C(=O)O. The molecule has 1 aliphatic rings. The third-order valence-corrected chi connectivity index (χ3v) is 5.61. The summed E-state index contributed by atoms with van der Waals surface area (Å²) in [6.07, 6.45) is 1.88. The molecular weight excluding hydrogens is 332 g/mol. The lowest BCUT2D eigenvalue weighted by atomic mass is 10.1. The highest BCUT2D eigenvalue weighted by atomic mass is 32.2. The van der Waals surface area contributed by atoms with E-state index in [9.17, 15) is 18.3 Å². The van der Waals surface area contributed by atoms with E-state index in [4.69, 9.17) is 4.52 Å². The molecule has 2 aromatic rings. The van der Waals surface area contributed by atoms with Gasteiger partial charge in [-0.3, -0.25) is 4.72 Å². The molecule has 1 fully saturated rings. The Morgan fingerprint density at radius 3 is 2.50 bits per heavy atom. The largest absolute Gasteiger partial charge is 0.478 e. The lowest BCUT2D eigenvalue weighted by Gasteiger charge is -2.12. The molecule has 1 aromatic heterocycles. The second-order valence-electron chi connectivity index (χ2n) is 6.12. The van der Waals surface area contributed by atoms with Crippen molar-refractivity contribution in [3.05, 3.63) is 40.3 Å². The summed E-state index contributed by atoms with van der Waals surface area (Å²) < 4.78 is 33.3. The number of sulfonamides is 1. The van der Waals surface area contributed by atoms with Gasteiger partial charge in [-0.15, -0.1) is 0 Å². The topological polar surface area (TPSA) is 110 Å². The summed E-state index contributed by atoms with van der Waals surface area (Å²) in [5.74, 6) is -0.430. The molecule has 7 nitrogen and oxygen atoms in total. The average Bonchev–Trinajstić information content (AvgIpc) is 3.24. The van der Waals surface area contributed by atoms with Crippen LogP contribution >= 0.6 is 0 Å². The zero-order valence-corrected chi connectivity index (χ0v) is 14.4. The number of hydrogen-bond donors (Lipinski definition) is 2. The zero-order valence-electron chi connectivity index (χ0n) is 13.6. The molecule has 24 heavy (non-hydrogen) atoms. The first-order valence-electron chi connectivity index (χ1n) is 7.54. The molecule has 0 amide bonds. The van der Waals surface area contributed by atoms with E-state index in [2.05, 4.69) is 9.88 Å². The fourth-order valence-electron chi connectivity index (χ4n) is 2.68. The highest BCUT2D eigenvalue weighted by Gasteiger charge is 2.33. The Morgan fingerprint density at radius 1 is 1.25 bits per heavy atom. The molecule has 0 radical (unpaired) electrons. The van der Waals surface area contributed by atoms with Gasteiger partial charge in [0.25, 0.3) is 10.0 Å². The van der Waals surface area contributed by atoms with Gasteiger partial charge in [-0.1, -0.05) is 11.2 Å². The zero-order chi connectivity index (χ0) is 17.6. The maximum absolute atomic E-state index is 12.8. The van der Waals surface area contributed by atoms with Crippen molar-refractivity contribution in [3.63, 3.8) is 0 Å². The van der Waals surface area contributed by atoms with E-state index in [0.717, 1.165) is 12.8 Å². The number of rotatable bonds is 5. The third kappa shape index (κ3) is 2.89. The lowest BCUT2D eigenvalue weighted by molar-refractivity contribution is 0.0696. The third-order valence-electron chi connectivity index (χ3n) is 4.12. The number of aryl methyl sites for hydroxylation is 3. The number of nitrogens with zero attached hydrogens (tertiary/aromatic N) is 1. The number of anilines is 1. The highest BCUT2D eigenvalue weighted by molar-refractivity contribution is 7.92. The average molecular weight is 350 g/mol. The van der Waals surface area contributed by atoms with Gasteiger partial charge in [-0.25, -0.2) is 13.2 Å². The van der Waals surface area contributed by atoms with Crippen molar-refractivity contribution in [2.45, 2.75) is 44.4 Å². The molecule has 0 unspecified atom stereocenters. The summed E-state index contributed by atoms with van der Waals surface area (Å²) in [4.78, 5) is 11.2. The standard InChI is InChI=1S/C16H18N2O5S/c1-8-6-9(2)13(7-12(8)16(19)20)24(21,22)18-14-10(3)17-23-15(14)11-4-5-11/h6-7,11,18H,4-5H2,1-3H3,(H,19,20). The number of carboxylic acids is 1. The molecule has 0 atom stereocenters. The van der Waals surface area contributed by atoms with Crippen LogP contribution in [0.5, 0.6) is 0 Å². The Morgan fingerprint density at radius 2 is 1.92 bits per heavy atom. The fourth-order valence-corrected chi connectivity index (χ4v) is 4.06. The van der Waals surface area contributed by atoms with Gasteiger partial charge in [0.1, 0.15) is 11.4 Å². The molecule has 0 spiro atoms. The summed E-state index contributed by atoms with van der Waals surface area (Å²) in [7, 11) is -3.95. The monoisotopic (exact) mass is 350 g/mol. The smallest absolute Gasteiger partial charge is 0.335 e. The van der Waals surface area contributed by atoms with Crippen LogP contribution in [0.4, 0.5) is 5.69 Å². The number of nitrogens with one attached hydrogen (secondary N) is 1. The molecule has 128 valence electrons. The number of aromatic carboxylic acids is 1. The normalized spacial score (nSPS) is 14.6. The first kappa shape index (κ1) is 16.5. The van der Waals surface area contributed by atoms with Gasteiger partial charge in [-0.05, 0) is 50.8 Å². The van der Waals surface area contributed by atoms with Crippen LogP contribution in [0, 0.1) is 20.8 Å². The van der Waals surface area contributed by atoms with Crippen LogP contribution in [0.25, 0.3) is 0 Å². The molecule has 2 N–H and O–H groups in total. The van der Waals surface area contributed by atoms with Crippen LogP contribution in [0.15, 0.2) is 21.6 Å². The van der Waals surface area contributed by atoms with Gasteiger partial charge in [0.2, 0.25) is 0 Å². The van der Waals surface area contributed by atoms with Crippen LogP contribution in [-0.4, -0.2) is 24.7 Å². The van der Waals surface area contributed by atoms with Crippen molar-refractivity contribution in [1.29, 1.82) is 0 Å². The van der Waals surface area contributed by atoms with E-state index in [0.29, 0.717) is 28.3 Å². The van der Waals surface area contributed by atoms with E-state index in [1.54, 1.807) is 26.8 Å². The van der Waals surface area contributed by atoms with Gasteiger partial charge in [0.05, 0.1) is 10.5 Å². The molecule has 1 aromatic carbocycles. The van der Waals surface area contributed by atoms with Gasteiger partial charge < -0.3 is 9.63 Å². The molecule has 1 heterocycles. The Bertz CT molecular complexity index is 926. The second-order valence-corrected chi connectivity index (χ2v) is 7.78. The summed E-state index contributed by atoms with van der Waals surface area (Å²) >= 11 is 0. The fraction of sp³-hybridized carbons (Fsp3) is 0.375. The van der Waals surface area contributed by atoms with Gasteiger partial charge >= 0.3 is 5.97 Å². The molecule has 1 aliphatic carbocycles. The predicted octanol–water partition coefficient (Wildman–Crippen LogP) is 2.98. The lowest BCUT2D eigenvalue weighted by Crippen LogP contribution is -2.17. The first-order chi connectivity index (χ1) is 11.2. The molecule has 0 aliphatic heterocycles. The number of carboxylic acid groups (broad SMARTS) is 1. The summed E-state index contributed by atoms with van der Waals surface area (Å²) in [6, 6.07) is 2.75. The maximum Gasteiger partial charge on any atom is 0.335 e. The van der Waals surface area contributed by atoms with Crippen LogP contribution in [0.2, 0.25) is 0 Å². The van der Waals surface area contributed by atoms with Gasteiger partial charge in [-0.2, -0.15) is 0 Å². The van der Waals surface area contributed by atoms with Gasteiger partial charge in [0, 0.05) is 5.92 Å². The van der Waals surface area contributed by atoms with Crippen molar-refractivity contribution in [2.24, 2.45) is 0 Å². The van der Waals surface area contributed by atoms with Crippen LogP contribution < -0.4 is 4.72 Å². The van der Waals surface area contributed by atoms with Crippen molar-refractivity contribution in [3.8, 4) is 0 Å². The minimum Gasteiger partial charge on any atom is -0.478 e. The molecule has 0 saturated heterocycles. The maximum atomic E-state index is 12.8. The molecule has 8 heteroatoms. The molecule has 1 saturated carbocycles. The number of aromatic nitrogens is 1. The van der Waals surface area contributed by atoms with Crippen LogP contribution in [-0.2, 0) is 10.0 Å². The number of benzene rings is 1. The van der Waals surface area contributed by atoms with Crippen LogP contribution in [0.3, 0.4) is 0 Å². The second kappa shape index (κ2) is 5.62. The molecule has 3 rings (SSSR count). The summed E-state index contributed by atoms with van der Waals surface area (Å²) in [6.45, 7) is 4.93. The Kier molecular flexibility index (Phi) is 3.87. The van der Waals surface area contributed by atoms with Crippen LogP contribution in [0.1, 0.15) is 51.7 Å². The molecule has 0 bridgehead atoms. The quantitative estimate of drug-likeness (QED) is 0.858. The Labute approximate surface area is 139 Å². The van der Waals surface area contributed by atoms with Gasteiger partial charge in [0.15, 0.2) is 5.76 Å². The minimum atomic E-state index is -3.95. The molecular formula is C16H18N2O5S. The van der Waals surface area contributed by atoms with E-state index in [1.807, 2.05) is 0 Å². The number of carbonyl (C=O) groups is 1. The predicted molar refractivity (Wildman–Crippen MR) is 86.9 cm³/mol. The summed E-state index contributed by atoms with van der Waals surface area (Å²) in [5.41, 5.74) is 1.77. The van der Waals surface area contributed by atoms with Crippen molar-refractivity contribution in [1.82, 2.24) is 5.16 Å². The summed E-state index contributed by atoms with van der Waals surface area (Å²) in [5, 5.41) is 13.1. The van der Waals surface area contributed by atoms with Crippen molar-refractivity contribution >= 4 is 21.7 Å². The Balaban J connectivity index is 2.04. The van der Waals surface area contributed by atoms with Crippen molar-refractivity contribution in [2.75, 3.05) is 4.72 Å². The van der Waals surface area contributed by atoms with E-state index in [1.165, 1.54) is 6.07 Å².